The van der Waals surface area contributed by atoms with E-state index >= 15 is 0 Å². The van der Waals surface area contributed by atoms with E-state index < -0.39 is 5.66 Å². The van der Waals surface area contributed by atoms with E-state index in [1.807, 2.05) is 16.8 Å². The van der Waals surface area contributed by atoms with Crippen molar-refractivity contribution < 1.29 is 14.1 Å². The zero-order valence-corrected chi connectivity index (χ0v) is 16.0. The molecule has 1 saturated heterocycles. The molecule has 3 aromatic heterocycles. The van der Waals surface area contributed by atoms with Crippen molar-refractivity contribution in [1.29, 1.82) is 0 Å². The molecule has 1 atom stereocenters. The quantitative estimate of drug-likeness (QED) is 0.646. The maximum Gasteiger partial charge on any atom is 0.272 e. The largest absolute Gasteiger partial charge is 0.364 e. The van der Waals surface area contributed by atoms with Crippen LogP contribution in [0.25, 0.3) is 0 Å². The third-order valence-electron chi connectivity index (χ3n) is 5.90. The van der Waals surface area contributed by atoms with Crippen LogP contribution in [0.5, 0.6) is 0 Å². The molecule has 0 N–H and O–H groups in total. The highest BCUT2D eigenvalue weighted by atomic mass is 16.5. The molecule has 148 valence electrons. The van der Waals surface area contributed by atoms with Crippen molar-refractivity contribution in [3.8, 4) is 0 Å². The van der Waals surface area contributed by atoms with Gasteiger partial charge in [-0.1, -0.05) is 5.16 Å². The molecule has 5 rings (SSSR count). The number of hydrogen-bond donors (Lipinski definition) is 0. The summed E-state index contributed by atoms with van der Waals surface area (Å²) in [5.41, 5.74) is 0.934. The average molecular weight is 393 g/mol. The topological polar surface area (TPSA) is 93.6 Å². The van der Waals surface area contributed by atoms with Gasteiger partial charge in [0, 0.05) is 44.2 Å². The van der Waals surface area contributed by atoms with Gasteiger partial charge in [0.05, 0.1) is 12.2 Å². The number of rotatable bonds is 2. The summed E-state index contributed by atoms with van der Waals surface area (Å²) >= 11 is 0. The molecule has 2 amide bonds. The number of carbonyl (C=O) groups excluding carboxylic acids is 2. The normalized spacial score (nSPS) is 20.7. The number of hydrogen-bond acceptors (Lipinski definition) is 5. The summed E-state index contributed by atoms with van der Waals surface area (Å²) in [5.74, 6) is -0.407. The molecule has 9 heteroatoms. The molecule has 1 fully saturated rings. The third kappa shape index (κ3) is 2.27. The Balaban J connectivity index is 1.73. The molecule has 2 aliphatic heterocycles. The van der Waals surface area contributed by atoms with Gasteiger partial charge in [-0.2, -0.15) is 0 Å². The first kappa shape index (κ1) is 17.5. The second kappa shape index (κ2) is 5.94. The van der Waals surface area contributed by atoms with Crippen molar-refractivity contribution in [3.63, 3.8) is 0 Å². The van der Waals surface area contributed by atoms with Gasteiger partial charge in [-0.25, -0.2) is 0 Å². The Hall–Kier alpha value is -3.62. The SMILES string of the molecule is Cc1nocc1C(=O)N1CCN2C(=O)c3cccn3CC12c1ccc(=O)n(C)c1. The maximum absolute atomic E-state index is 13.5. The number of amides is 2. The number of aromatic nitrogens is 3. The standard InChI is InChI=1S/C20H19N5O4/c1-13-15(11-29-21-13)18(27)24-8-9-25-19(28)16-4-3-7-23(16)12-20(24,25)14-5-6-17(26)22(2)10-14/h3-7,10-11H,8-9,12H2,1-2H3. The second-order valence-electron chi connectivity index (χ2n) is 7.43. The zero-order valence-electron chi connectivity index (χ0n) is 16.0. The average Bonchev–Trinajstić information content (AvgIpc) is 3.42. The lowest BCUT2D eigenvalue weighted by molar-refractivity contribution is -0.00630. The van der Waals surface area contributed by atoms with Crippen LogP contribution in [-0.2, 0) is 19.3 Å². The summed E-state index contributed by atoms with van der Waals surface area (Å²) in [7, 11) is 1.66. The van der Waals surface area contributed by atoms with Gasteiger partial charge in [-0.3, -0.25) is 14.4 Å². The lowest BCUT2D eigenvalue weighted by atomic mass is 9.95. The number of aryl methyl sites for hydroxylation is 2. The van der Waals surface area contributed by atoms with E-state index in [4.69, 9.17) is 4.52 Å². The van der Waals surface area contributed by atoms with Crippen LogP contribution >= 0.6 is 0 Å². The van der Waals surface area contributed by atoms with Crippen molar-refractivity contribution >= 4 is 11.8 Å². The van der Waals surface area contributed by atoms with Gasteiger partial charge in [0.25, 0.3) is 11.8 Å². The summed E-state index contributed by atoms with van der Waals surface area (Å²) in [6.45, 7) is 2.83. The Bertz CT molecular complexity index is 1210. The van der Waals surface area contributed by atoms with Gasteiger partial charge in [0.1, 0.15) is 17.5 Å². The van der Waals surface area contributed by atoms with Crippen LogP contribution in [0.1, 0.15) is 32.1 Å². The number of pyridine rings is 1. The predicted molar refractivity (Wildman–Crippen MR) is 101 cm³/mol. The summed E-state index contributed by atoms with van der Waals surface area (Å²) < 4.78 is 8.29. The van der Waals surface area contributed by atoms with Gasteiger partial charge in [-0.05, 0) is 25.1 Å². The summed E-state index contributed by atoms with van der Waals surface area (Å²) in [6, 6.07) is 6.76. The van der Waals surface area contributed by atoms with Crippen LogP contribution in [0.4, 0.5) is 0 Å². The van der Waals surface area contributed by atoms with Crippen LogP contribution in [0.3, 0.4) is 0 Å². The first-order chi connectivity index (χ1) is 13.9. The maximum atomic E-state index is 13.5. The first-order valence-corrected chi connectivity index (χ1v) is 9.31. The number of nitrogens with zero attached hydrogens (tertiary/aromatic N) is 5. The Morgan fingerprint density at radius 1 is 1.21 bits per heavy atom. The fourth-order valence-corrected chi connectivity index (χ4v) is 4.42. The van der Waals surface area contributed by atoms with Crippen molar-refractivity contribution in [2.24, 2.45) is 7.05 Å². The molecular formula is C20H19N5O4. The molecule has 0 aliphatic carbocycles. The van der Waals surface area contributed by atoms with E-state index in [0.29, 0.717) is 42.1 Å². The lowest BCUT2D eigenvalue weighted by Gasteiger charge is -2.47. The smallest absolute Gasteiger partial charge is 0.272 e. The van der Waals surface area contributed by atoms with E-state index in [1.54, 1.807) is 42.1 Å². The molecule has 1 unspecified atom stereocenters. The van der Waals surface area contributed by atoms with Crippen LogP contribution in [0, 0.1) is 6.92 Å². The Morgan fingerprint density at radius 2 is 2.03 bits per heavy atom. The van der Waals surface area contributed by atoms with Crippen LogP contribution in [-0.4, -0.2) is 49.0 Å². The second-order valence-corrected chi connectivity index (χ2v) is 7.43. The Morgan fingerprint density at radius 3 is 2.76 bits per heavy atom. The zero-order chi connectivity index (χ0) is 20.3. The van der Waals surface area contributed by atoms with E-state index in [0.717, 1.165) is 0 Å². The minimum Gasteiger partial charge on any atom is -0.364 e. The molecule has 9 nitrogen and oxygen atoms in total. The predicted octanol–water partition coefficient (Wildman–Crippen LogP) is 0.948. The van der Waals surface area contributed by atoms with E-state index in [9.17, 15) is 14.4 Å². The third-order valence-corrected chi connectivity index (χ3v) is 5.90. The highest BCUT2D eigenvalue weighted by Gasteiger charge is 2.56. The van der Waals surface area contributed by atoms with E-state index in [2.05, 4.69) is 5.16 Å². The first-order valence-electron chi connectivity index (χ1n) is 9.31. The highest BCUT2D eigenvalue weighted by molar-refractivity contribution is 5.98. The summed E-state index contributed by atoms with van der Waals surface area (Å²) in [6.07, 6.45) is 4.86. The van der Waals surface area contributed by atoms with E-state index in [1.165, 1.54) is 16.9 Å². The molecular weight excluding hydrogens is 374 g/mol. The highest BCUT2D eigenvalue weighted by Crippen LogP contribution is 2.43. The van der Waals surface area contributed by atoms with Gasteiger partial charge < -0.3 is 23.5 Å². The number of fused-ring (bicyclic) bond motifs is 2. The fraction of sp³-hybridized carbons (Fsp3) is 0.300. The molecule has 2 aliphatic rings. The molecule has 0 spiro atoms. The van der Waals surface area contributed by atoms with Gasteiger partial charge in [0.15, 0.2) is 5.66 Å². The van der Waals surface area contributed by atoms with Crippen molar-refractivity contribution in [2.75, 3.05) is 13.1 Å². The lowest BCUT2D eigenvalue weighted by Crippen LogP contribution is -2.60. The van der Waals surface area contributed by atoms with Crippen molar-refractivity contribution in [2.45, 2.75) is 19.1 Å². The minimum atomic E-state index is -1.05. The van der Waals surface area contributed by atoms with Crippen molar-refractivity contribution in [1.82, 2.24) is 24.1 Å². The molecule has 0 aromatic carbocycles. The minimum absolute atomic E-state index is 0.146. The summed E-state index contributed by atoms with van der Waals surface area (Å²) in [4.78, 5) is 42.2. The molecule has 0 bridgehead atoms. The number of carbonyl (C=O) groups is 2. The molecule has 0 saturated carbocycles. The Labute approximate surface area is 165 Å². The molecule has 0 radical (unpaired) electrons. The van der Waals surface area contributed by atoms with E-state index in [-0.39, 0.29) is 17.4 Å². The van der Waals surface area contributed by atoms with Crippen molar-refractivity contribution in [3.05, 3.63) is 75.8 Å². The van der Waals surface area contributed by atoms with Gasteiger partial charge >= 0.3 is 0 Å². The molecule has 5 heterocycles. The molecule has 3 aromatic rings. The van der Waals surface area contributed by atoms with Gasteiger partial charge in [-0.15, -0.1) is 0 Å². The van der Waals surface area contributed by atoms with Crippen LogP contribution < -0.4 is 5.56 Å². The fourth-order valence-electron chi connectivity index (χ4n) is 4.42. The van der Waals surface area contributed by atoms with Gasteiger partial charge in [0.2, 0.25) is 5.56 Å². The Kier molecular flexibility index (Phi) is 3.58. The molecule has 29 heavy (non-hydrogen) atoms. The summed E-state index contributed by atoms with van der Waals surface area (Å²) in [5, 5.41) is 3.82. The monoisotopic (exact) mass is 393 g/mol. The van der Waals surface area contributed by atoms with Crippen LogP contribution in [0.2, 0.25) is 0 Å². The van der Waals surface area contributed by atoms with Crippen LogP contribution in [0.15, 0.2) is 52.2 Å².